The summed E-state index contributed by atoms with van der Waals surface area (Å²) in [6.45, 7) is 3.01. The Labute approximate surface area is 126 Å². The van der Waals surface area contributed by atoms with Crippen molar-refractivity contribution in [2.45, 2.75) is 25.4 Å². The van der Waals surface area contributed by atoms with Gasteiger partial charge in [0.2, 0.25) is 0 Å². The number of furan rings is 1. The molecular weight excluding hydrogens is 320 g/mol. The summed E-state index contributed by atoms with van der Waals surface area (Å²) in [7, 11) is 0. The lowest BCUT2D eigenvalue weighted by molar-refractivity contribution is 0.196. The summed E-state index contributed by atoms with van der Waals surface area (Å²) < 4.78 is 6.35. The van der Waals surface area contributed by atoms with Crippen LogP contribution in [-0.2, 0) is 6.54 Å². The summed E-state index contributed by atoms with van der Waals surface area (Å²) in [6, 6.07) is 8.30. The van der Waals surface area contributed by atoms with Gasteiger partial charge in [-0.3, -0.25) is 4.90 Å². The Morgan fingerprint density at radius 3 is 2.80 bits per heavy atom. The third-order valence-electron chi connectivity index (χ3n) is 3.52. The minimum atomic E-state index is 0.478. The number of hydrogen-bond donors (Lipinski definition) is 1. The van der Waals surface area contributed by atoms with E-state index in [1.54, 1.807) is 6.20 Å². The van der Waals surface area contributed by atoms with Gasteiger partial charge in [0.05, 0.1) is 6.54 Å². The first-order chi connectivity index (χ1) is 9.79. The zero-order valence-corrected chi connectivity index (χ0v) is 12.7. The van der Waals surface area contributed by atoms with Crippen molar-refractivity contribution in [3.63, 3.8) is 0 Å². The summed E-state index contributed by atoms with van der Waals surface area (Å²) in [5, 5.41) is 11.4. The maximum absolute atomic E-state index is 5.55. The van der Waals surface area contributed by atoms with Gasteiger partial charge < -0.3 is 9.73 Å². The molecular formula is C14H17BrN4O. The fourth-order valence-electron chi connectivity index (χ4n) is 2.48. The first-order valence-electron chi connectivity index (χ1n) is 6.80. The highest BCUT2D eigenvalue weighted by molar-refractivity contribution is 9.10. The Hall–Kier alpha value is -1.40. The van der Waals surface area contributed by atoms with E-state index in [1.165, 1.54) is 0 Å². The van der Waals surface area contributed by atoms with Crippen molar-refractivity contribution in [1.29, 1.82) is 0 Å². The molecule has 0 saturated carbocycles. The highest BCUT2D eigenvalue weighted by atomic mass is 79.9. The molecule has 3 heterocycles. The van der Waals surface area contributed by atoms with Crippen molar-refractivity contribution in [2.75, 3.05) is 18.4 Å². The lowest BCUT2D eigenvalue weighted by atomic mass is 10.0. The van der Waals surface area contributed by atoms with Gasteiger partial charge in [-0.1, -0.05) is 0 Å². The number of piperidine rings is 1. The van der Waals surface area contributed by atoms with E-state index >= 15 is 0 Å². The Morgan fingerprint density at radius 2 is 2.15 bits per heavy atom. The Kier molecular flexibility index (Phi) is 4.32. The summed E-state index contributed by atoms with van der Waals surface area (Å²) in [5.74, 6) is 1.87. The lowest BCUT2D eigenvalue weighted by Gasteiger charge is -2.31. The van der Waals surface area contributed by atoms with Crippen LogP contribution in [0.5, 0.6) is 0 Å². The number of anilines is 1. The second-order valence-corrected chi connectivity index (χ2v) is 5.79. The van der Waals surface area contributed by atoms with Crippen LogP contribution in [0, 0.1) is 0 Å². The van der Waals surface area contributed by atoms with E-state index in [9.17, 15) is 0 Å². The van der Waals surface area contributed by atoms with Gasteiger partial charge >= 0.3 is 0 Å². The zero-order chi connectivity index (χ0) is 13.8. The molecule has 0 aromatic carbocycles. The SMILES string of the molecule is Brc1ccc(CN2CCC(Nc3cccnn3)CC2)o1. The highest BCUT2D eigenvalue weighted by Crippen LogP contribution is 2.19. The van der Waals surface area contributed by atoms with E-state index in [4.69, 9.17) is 4.42 Å². The molecule has 0 radical (unpaired) electrons. The number of hydrogen-bond acceptors (Lipinski definition) is 5. The Balaban J connectivity index is 1.47. The average molecular weight is 337 g/mol. The number of rotatable bonds is 4. The van der Waals surface area contributed by atoms with Crippen molar-refractivity contribution in [1.82, 2.24) is 15.1 Å². The number of halogens is 1. The van der Waals surface area contributed by atoms with E-state index in [-0.39, 0.29) is 0 Å². The van der Waals surface area contributed by atoms with Crippen LogP contribution in [0.3, 0.4) is 0 Å². The van der Waals surface area contributed by atoms with Gasteiger partial charge in [0.25, 0.3) is 0 Å². The van der Waals surface area contributed by atoms with E-state index in [2.05, 4.69) is 36.3 Å². The van der Waals surface area contributed by atoms with Crippen molar-refractivity contribution >= 4 is 21.7 Å². The van der Waals surface area contributed by atoms with E-state index in [0.29, 0.717) is 6.04 Å². The van der Waals surface area contributed by atoms with Gasteiger partial charge in [0.15, 0.2) is 4.67 Å². The molecule has 106 valence electrons. The average Bonchev–Trinajstić information content (AvgIpc) is 2.88. The van der Waals surface area contributed by atoms with Crippen LogP contribution in [0.1, 0.15) is 18.6 Å². The molecule has 0 atom stereocenters. The highest BCUT2D eigenvalue weighted by Gasteiger charge is 2.20. The zero-order valence-electron chi connectivity index (χ0n) is 11.1. The van der Waals surface area contributed by atoms with Crippen molar-refractivity contribution < 1.29 is 4.42 Å². The third-order valence-corrected chi connectivity index (χ3v) is 3.95. The van der Waals surface area contributed by atoms with Gasteiger partial charge in [-0.2, -0.15) is 5.10 Å². The molecule has 20 heavy (non-hydrogen) atoms. The molecule has 1 N–H and O–H groups in total. The standard InChI is InChI=1S/C14H17BrN4O/c15-13-4-3-12(20-13)10-19-8-5-11(6-9-19)17-14-2-1-7-16-18-14/h1-4,7,11H,5-6,8-10H2,(H,17,18). The van der Waals surface area contributed by atoms with Crippen LogP contribution in [0.4, 0.5) is 5.82 Å². The molecule has 6 heteroatoms. The quantitative estimate of drug-likeness (QED) is 0.930. The van der Waals surface area contributed by atoms with Crippen LogP contribution >= 0.6 is 15.9 Å². The molecule has 2 aromatic heterocycles. The second-order valence-electron chi connectivity index (χ2n) is 5.01. The molecule has 1 aliphatic heterocycles. The van der Waals surface area contributed by atoms with Gasteiger partial charge in [-0.05, 0) is 53.0 Å². The van der Waals surface area contributed by atoms with Gasteiger partial charge in [0.1, 0.15) is 11.6 Å². The monoisotopic (exact) mass is 336 g/mol. The minimum absolute atomic E-state index is 0.478. The molecule has 0 bridgehead atoms. The van der Waals surface area contributed by atoms with E-state index in [0.717, 1.165) is 48.7 Å². The maximum Gasteiger partial charge on any atom is 0.169 e. The molecule has 0 amide bonds. The largest absolute Gasteiger partial charge is 0.453 e. The van der Waals surface area contributed by atoms with Gasteiger partial charge in [-0.25, -0.2) is 0 Å². The van der Waals surface area contributed by atoms with Crippen molar-refractivity contribution in [2.24, 2.45) is 0 Å². The summed E-state index contributed by atoms with van der Waals surface area (Å²) >= 11 is 3.34. The molecule has 1 fully saturated rings. The number of nitrogens with one attached hydrogen (secondary N) is 1. The first-order valence-corrected chi connectivity index (χ1v) is 7.60. The van der Waals surface area contributed by atoms with E-state index < -0.39 is 0 Å². The van der Waals surface area contributed by atoms with Crippen LogP contribution < -0.4 is 5.32 Å². The number of nitrogens with zero attached hydrogens (tertiary/aromatic N) is 3. The van der Waals surface area contributed by atoms with Crippen molar-refractivity contribution in [3.05, 3.63) is 40.9 Å². The summed E-state index contributed by atoms with van der Waals surface area (Å²) in [4.78, 5) is 2.42. The van der Waals surface area contributed by atoms with Crippen LogP contribution in [0.2, 0.25) is 0 Å². The first kappa shape index (κ1) is 13.6. The molecule has 2 aromatic rings. The molecule has 0 unspecified atom stereocenters. The number of aromatic nitrogens is 2. The molecule has 3 rings (SSSR count). The second kappa shape index (κ2) is 6.37. The molecule has 5 nitrogen and oxygen atoms in total. The minimum Gasteiger partial charge on any atom is -0.453 e. The molecule has 1 aliphatic rings. The Bertz CT molecular complexity index is 537. The Morgan fingerprint density at radius 1 is 1.30 bits per heavy atom. The van der Waals surface area contributed by atoms with Crippen LogP contribution in [0.15, 0.2) is 39.5 Å². The van der Waals surface area contributed by atoms with Gasteiger partial charge in [-0.15, -0.1) is 5.10 Å². The van der Waals surface area contributed by atoms with Crippen molar-refractivity contribution in [3.8, 4) is 0 Å². The molecule has 1 saturated heterocycles. The fourth-order valence-corrected chi connectivity index (χ4v) is 2.82. The topological polar surface area (TPSA) is 54.2 Å². The predicted octanol–water partition coefficient (Wildman–Crippen LogP) is 2.91. The predicted molar refractivity (Wildman–Crippen MR) is 80.4 cm³/mol. The van der Waals surface area contributed by atoms with E-state index in [1.807, 2.05) is 24.3 Å². The van der Waals surface area contributed by atoms with Crippen LogP contribution in [0.25, 0.3) is 0 Å². The smallest absolute Gasteiger partial charge is 0.169 e. The third kappa shape index (κ3) is 3.58. The summed E-state index contributed by atoms with van der Waals surface area (Å²) in [6.07, 6.45) is 3.91. The molecule has 0 spiro atoms. The lowest BCUT2D eigenvalue weighted by Crippen LogP contribution is -2.38. The number of likely N-dealkylation sites (tertiary alicyclic amines) is 1. The molecule has 0 aliphatic carbocycles. The normalized spacial score (nSPS) is 17.2. The summed E-state index contributed by atoms with van der Waals surface area (Å²) in [5.41, 5.74) is 0. The van der Waals surface area contributed by atoms with Gasteiger partial charge in [0, 0.05) is 25.3 Å². The maximum atomic E-state index is 5.55. The fraction of sp³-hybridized carbons (Fsp3) is 0.429. The van der Waals surface area contributed by atoms with Crippen LogP contribution in [-0.4, -0.2) is 34.2 Å².